The molecular weight excluding hydrogens is 306 g/mol. The molecule has 0 spiro atoms. The fourth-order valence-electron chi connectivity index (χ4n) is 3.08. The number of aromatic amines is 1. The molecule has 0 aromatic carbocycles. The summed E-state index contributed by atoms with van der Waals surface area (Å²) in [6.45, 7) is 2.69. The quantitative estimate of drug-likeness (QED) is 0.873. The molecule has 1 atom stereocenters. The van der Waals surface area contributed by atoms with Gasteiger partial charge in [0.15, 0.2) is 5.78 Å². The third-order valence-electron chi connectivity index (χ3n) is 4.22. The Morgan fingerprint density at radius 1 is 1.29 bits per heavy atom. The normalized spacial score (nSPS) is 17.5. The molecular formula is C18H19N3O3. The van der Waals surface area contributed by atoms with E-state index in [-0.39, 0.29) is 23.2 Å². The van der Waals surface area contributed by atoms with Crippen LogP contribution in [0.4, 0.5) is 0 Å². The lowest BCUT2D eigenvalue weighted by Gasteiger charge is -2.32. The molecule has 6 heteroatoms. The van der Waals surface area contributed by atoms with Crippen molar-refractivity contribution in [2.75, 3.05) is 13.1 Å². The van der Waals surface area contributed by atoms with Crippen LogP contribution < -0.4 is 5.56 Å². The molecule has 1 amide bonds. The van der Waals surface area contributed by atoms with Crippen LogP contribution in [0.5, 0.6) is 0 Å². The Kier molecular flexibility index (Phi) is 4.55. The van der Waals surface area contributed by atoms with E-state index in [1.807, 2.05) is 0 Å². The molecule has 1 aliphatic heterocycles. The van der Waals surface area contributed by atoms with Crippen molar-refractivity contribution in [3.05, 3.63) is 63.8 Å². The number of pyridine rings is 2. The first kappa shape index (κ1) is 16.1. The van der Waals surface area contributed by atoms with Crippen molar-refractivity contribution >= 4 is 11.7 Å². The Bertz CT molecular complexity index is 814. The van der Waals surface area contributed by atoms with Crippen molar-refractivity contribution in [1.29, 1.82) is 0 Å². The fraction of sp³-hybridized carbons (Fsp3) is 0.333. The Labute approximate surface area is 139 Å². The molecule has 1 aliphatic rings. The summed E-state index contributed by atoms with van der Waals surface area (Å²) in [6, 6.07) is 8.21. The van der Waals surface area contributed by atoms with Crippen LogP contribution >= 0.6 is 0 Å². The number of amides is 1. The second-order valence-electron chi connectivity index (χ2n) is 6.09. The SMILES string of the molecule is Cc1cc(C(=O)N2CCC[C@H](C(=O)c3ccccn3)C2)cc(=O)[nH]1. The summed E-state index contributed by atoms with van der Waals surface area (Å²) in [5, 5.41) is 0. The van der Waals surface area contributed by atoms with E-state index in [4.69, 9.17) is 0 Å². The maximum atomic E-state index is 12.7. The Morgan fingerprint density at radius 3 is 2.83 bits per heavy atom. The highest BCUT2D eigenvalue weighted by Crippen LogP contribution is 2.21. The number of rotatable bonds is 3. The lowest BCUT2D eigenvalue weighted by atomic mass is 9.91. The molecule has 124 valence electrons. The zero-order chi connectivity index (χ0) is 17.1. The molecule has 0 saturated carbocycles. The third kappa shape index (κ3) is 3.42. The van der Waals surface area contributed by atoms with E-state index in [1.165, 1.54) is 6.07 Å². The average molecular weight is 325 g/mol. The van der Waals surface area contributed by atoms with Crippen molar-refractivity contribution in [1.82, 2.24) is 14.9 Å². The lowest BCUT2D eigenvalue weighted by molar-refractivity contribution is 0.0635. The number of carbonyl (C=O) groups excluding carboxylic acids is 2. The van der Waals surface area contributed by atoms with Gasteiger partial charge in [0.05, 0.1) is 0 Å². The summed E-state index contributed by atoms with van der Waals surface area (Å²) in [7, 11) is 0. The zero-order valence-corrected chi connectivity index (χ0v) is 13.5. The minimum Gasteiger partial charge on any atom is -0.338 e. The number of H-pyrrole nitrogens is 1. The number of Topliss-reactive ketones (excluding diaryl/α,β-unsaturated/α-hetero) is 1. The minimum absolute atomic E-state index is 0.0322. The number of aromatic nitrogens is 2. The van der Waals surface area contributed by atoms with Gasteiger partial charge in [-0.3, -0.25) is 19.4 Å². The van der Waals surface area contributed by atoms with Gasteiger partial charge in [-0.25, -0.2) is 0 Å². The first-order chi connectivity index (χ1) is 11.5. The predicted octanol–water partition coefficient (Wildman–Crippen LogP) is 1.81. The monoisotopic (exact) mass is 325 g/mol. The highest BCUT2D eigenvalue weighted by molar-refractivity contribution is 5.98. The van der Waals surface area contributed by atoms with Crippen molar-refractivity contribution in [2.24, 2.45) is 5.92 Å². The fourth-order valence-corrected chi connectivity index (χ4v) is 3.08. The van der Waals surface area contributed by atoms with Crippen LogP contribution in [-0.4, -0.2) is 39.6 Å². The van der Waals surface area contributed by atoms with Gasteiger partial charge in [-0.2, -0.15) is 0 Å². The largest absolute Gasteiger partial charge is 0.338 e. The number of likely N-dealkylation sites (tertiary alicyclic amines) is 1. The number of hydrogen-bond donors (Lipinski definition) is 1. The number of hydrogen-bond acceptors (Lipinski definition) is 4. The van der Waals surface area contributed by atoms with E-state index >= 15 is 0 Å². The van der Waals surface area contributed by atoms with Crippen molar-refractivity contribution < 1.29 is 9.59 Å². The molecule has 3 heterocycles. The van der Waals surface area contributed by atoms with Gasteiger partial charge in [0, 0.05) is 42.5 Å². The molecule has 0 unspecified atom stereocenters. The maximum Gasteiger partial charge on any atom is 0.254 e. The second-order valence-corrected chi connectivity index (χ2v) is 6.09. The van der Waals surface area contributed by atoms with Crippen LogP contribution in [0.15, 0.2) is 41.3 Å². The number of ketones is 1. The van der Waals surface area contributed by atoms with E-state index in [2.05, 4.69) is 9.97 Å². The van der Waals surface area contributed by atoms with Gasteiger partial charge in [-0.1, -0.05) is 6.07 Å². The van der Waals surface area contributed by atoms with Gasteiger partial charge >= 0.3 is 0 Å². The van der Waals surface area contributed by atoms with Crippen LogP contribution in [-0.2, 0) is 0 Å². The van der Waals surface area contributed by atoms with E-state index in [0.29, 0.717) is 30.0 Å². The molecule has 3 rings (SSSR count). The first-order valence-corrected chi connectivity index (χ1v) is 8.00. The zero-order valence-electron chi connectivity index (χ0n) is 13.5. The average Bonchev–Trinajstić information content (AvgIpc) is 2.60. The standard InChI is InChI=1S/C18H19N3O3/c1-12-9-14(10-16(22)20-12)18(24)21-8-4-5-13(11-21)17(23)15-6-2-3-7-19-15/h2-3,6-7,9-10,13H,4-5,8,11H2,1H3,(H,20,22)/t13-/m0/s1. The van der Waals surface area contributed by atoms with E-state index in [1.54, 1.807) is 42.3 Å². The number of nitrogens with one attached hydrogen (secondary N) is 1. The summed E-state index contributed by atoms with van der Waals surface area (Å²) >= 11 is 0. The van der Waals surface area contributed by atoms with Gasteiger partial charge in [0.1, 0.15) is 5.69 Å². The summed E-state index contributed by atoms with van der Waals surface area (Å²) in [6.07, 6.45) is 3.10. The minimum atomic E-state index is -0.295. The number of carbonyl (C=O) groups is 2. The van der Waals surface area contributed by atoms with Gasteiger partial charge in [-0.05, 0) is 38.0 Å². The van der Waals surface area contributed by atoms with Gasteiger partial charge in [0.2, 0.25) is 5.56 Å². The Morgan fingerprint density at radius 2 is 2.12 bits per heavy atom. The number of aryl methyl sites for hydroxylation is 1. The van der Waals surface area contributed by atoms with Crippen LogP contribution in [0.25, 0.3) is 0 Å². The smallest absolute Gasteiger partial charge is 0.254 e. The maximum absolute atomic E-state index is 12.7. The van der Waals surface area contributed by atoms with Gasteiger partial charge in [0.25, 0.3) is 5.91 Å². The molecule has 1 saturated heterocycles. The molecule has 2 aromatic rings. The highest BCUT2D eigenvalue weighted by Gasteiger charge is 2.30. The Hall–Kier alpha value is -2.76. The van der Waals surface area contributed by atoms with Crippen LogP contribution in [0.2, 0.25) is 0 Å². The van der Waals surface area contributed by atoms with Gasteiger partial charge < -0.3 is 9.88 Å². The highest BCUT2D eigenvalue weighted by atomic mass is 16.2. The molecule has 24 heavy (non-hydrogen) atoms. The topological polar surface area (TPSA) is 83.1 Å². The van der Waals surface area contributed by atoms with Crippen LogP contribution in [0.3, 0.4) is 0 Å². The van der Waals surface area contributed by atoms with E-state index in [0.717, 1.165) is 12.8 Å². The van der Waals surface area contributed by atoms with Crippen molar-refractivity contribution in [2.45, 2.75) is 19.8 Å². The molecule has 0 radical (unpaired) electrons. The third-order valence-corrected chi connectivity index (χ3v) is 4.22. The summed E-state index contributed by atoms with van der Waals surface area (Å²) < 4.78 is 0. The molecule has 0 bridgehead atoms. The van der Waals surface area contributed by atoms with Crippen LogP contribution in [0.1, 0.15) is 39.4 Å². The summed E-state index contributed by atoms with van der Waals surface area (Å²) in [5.41, 5.74) is 1.14. The first-order valence-electron chi connectivity index (χ1n) is 8.00. The number of piperidine rings is 1. The summed E-state index contributed by atoms with van der Waals surface area (Å²) in [5.74, 6) is -0.487. The van der Waals surface area contributed by atoms with Gasteiger partial charge in [-0.15, -0.1) is 0 Å². The number of nitrogens with zero attached hydrogens (tertiary/aromatic N) is 2. The lowest BCUT2D eigenvalue weighted by Crippen LogP contribution is -2.42. The second kappa shape index (κ2) is 6.78. The van der Waals surface area contributed by atoms with Crippen molar-refractivity contribution in [3.8, 4) is 0 Å². The Balaban J connectivity index is 1.77. The summed E-state index contributed by atoms with van der Waals surface area (Å²) in [4.78, 5) is 45.2. The predicted molar refractivity (Wildman–Crippen MR) is 89.0 cm³/mol. The van der Waals surface area contributed by atoms with E-state index < -0.39 is 0 Å². The molecule has 2 aromatic heterocycles. The molecule has 1 fully saturated rings. The van der Waals surface area contributed by atoms with Crippen LogP contribution in [0, 0.1) is 12.8 Å². The molecule has 1 N–H and O–H groups in total. The molecule has 6 nitrogen and oxygen atoms in total. The van der Waals surface area contributed by atoms with E-state index in [9.17, 15) is 14.4 Å². The molecule has 0 aliphatic carbocycles. The van der Waals surface area contributed by atoms with Crippen molar-refractivity contribution in [3.63, 3.8) is 0 Å².